The molecule has 1 aliphatic carbocycles. The molecule has 4 nitrogen and oxygen atoms in total. The van der Waals surface area contributed by atoms with E-state index in [2.05, 4.69) is 80.4 Å². The van der Waals surface area contributed by atoms with E-state index in [1.165, 1.54) is 0 Å². The van der Waals surface area contributed by atoms with Crippen molar-refractivity contribution in [2.75, 3.05) is 23.3 Å². The molecule has 0 amide bonds. The fourth-order valence-electron chi connectivity index (χ4n) is 4.69. The van der Waals surface area contributed by atoms with Crippen molar-refractivity contribution in [2.45, 2.75) is 52.9 Å². The first-order valence-electron chi connectivity index (χ1n) is 12.7. The van der Waals surface area contributed by atoms with Crippen molar-refractivity contribution in [2.24, 2.45) is 17.8 Å². The molecule has 0 bridgehead atoms. The van der Waals surface area contributed by atoms with Crippen LogP contribution >= 0.6 is 11.6 Å². The molecular weight excluding hydrogens is 456 g/mol. The van der Waals surface area contributed by atoms with E-state index in [4.69, 9.17) is 11.6 Å². The molecule has 0 radical (unpaired) electrons. The van der Waals surface area contributed by atoms with E-state index in [0.29, 0.717) is 22.8 Å². The molecule has 2 N–H and O–H groups in total. The van der Waals surface area contributed by atoms with Crippen molar-refractivity contribution in [1.82, 2.24) is 0 Å². The Bertz CT molecular complexity index is 1010. The van der Waals surface area contributed by atoms with Crippen LogP contribution in [0.2, 0.25) is 5.02 Å². The van der Waals surface area contributed by atoms with Crippen LogP contribution in [-0.4, -0.2) is 24.2 Å². The van der Waals surface area contributed by atoms with E-state index < -0.39 is 5.97 Å². The predicted octanol–water partition coefficient (Wildman–Crippen LogP) is 8.28. The van der Waals surface area contributed by atoms with Gasteiger partial charge in [-0.2, -0.15) is 0 Å². The van der Waals surface area contributed by atoms with Gasteiger partial charge in [-0.1, -0.05) is 69.7 Å². The van der Waals surface area contributed by atoms with Gasteiger partial charge in [0.1, 0.15) is 0 Å². The first kappa shape index (κ1) is 26.9. The summed E-state index contributed by atoms with van der Waals surface area (Å²) in [6, 6.07) is 14.2. The Morgan fingerprint density at radius 2 is 1.63 bits per heavy atom. The second-order valence-corrected chi connectivity index (χ2v) is 10.8. The summed E-state index contributed by atoms with van der Waals surface area (Å²) in [6.45, 7) is 10.9. The van der Waals surface area contributed by atoms with Gasteiger partial charge in [0.2, 0.25) is 0 Å². The second-order valence-electron chi connectivity index (χ2n) is 10.4. The highest BCUT2D eigenvalue weighted by Crippen LogP contribution is 2.36. The van der Waals surface area contributed by atoms with Crippen molar-refractivity contribution >= 4 is 34.6 Å². The van der Waals surface area contributed by atoms with E-state index in [9.17, 15) is 9.90 Å². The molecule has 5 heteroatoms. The number of rotatable bonds is 13. The summed E-state index contributed by atoms with van der Waals surface area (Å²) in [4.78, 5) is 14.2. The number of benzene rings is 2. The molecule has 0 unspecified atom stereocenters. The number of nitrogens with zero attached hydrogens (tertiary/aromatic N) is 1. The number of aliphatic carboxylic acids is 1. The van der Waals surface area contributed by atoms with Crippen LogP contribution in [0.15, 0.2) is 66.8 Å². The largest absolute Gasteiger partial charge is 0.481 e. The summed E-state index contributed by atoms with van der Waals surface area (Å²) < 4.78 is 0. The van der Waals surface area contributed by atoms with E-state index in [0.717, 1.165) is 48.6 Å². The number of nitrogens with one attached hydrogen (secondary N) is 1. The molecule has 2 aromatic rings. The van der Waals surface area contributed by atoms with Gasteiger partial charge in [-0.05, 0) is 78.5 Å². The summed E-state index contributed by atoms with van der Waals surface area (Å²) >= 11 is 6.11. The fourth-order valence-corrected chi connectivity index (χ4v) is 4.81. The molecule has 1 aliphatic rings. The molecule has 0 saturated heterocycles. The Kier molecular flexibility index (Phi) is 9.85. The van der Waals surface area contributed by atoms with Crippen molar-refractivity contribution in [1.29, 1.82) is 0 Å². The molecule has 0 aliphatic heterocycles. The minimum absolute atomic E-state index is 0.0432. The molecule has 0 spiro atoms. The minimum Gasteiger partial charge on any atom is -0.481 e. The molecule has 3 rings (SSSR count). The summed E-state index contributed by atoms with van der Waals surface area (Å²) in [7, 11) is 0. The number of hydrogen-bond acceptors (Lipinski definition) is 3. The third-order valence-corrected chi connectivity index (χ3v) is 6.48. The van der Waals surface area contributed by atoms with E-state index >= 15 is 0 Å². The van der Waals surface area contributed by atoms with Gasteiger partial charge in [0, 0.05) is 23.8 Å². The highest BCUT2D eigenvalue weighted by molar-refractivity contribution is 6.30. The van der Waals surface area contributed by atoms with Gasteiger partial charge in [-0.25, -0.2) is 0 Å². The van der Waals surface area contributed by atoms with Crippen LogP contribution in [-0.2, 0) is 4.79 Å². The van der Waals surface area contributed by atoms with Gasteiger partial charge < -0.3 is 15.3 Å². The lowest BCUT2D eigenvalue weighted by molar-refractivity contribution is -0.137. The number of allylic oxidation sites excluding steroid dienone is 4. The third kappa shape index (κ3) is 8.47. The van der Waals surface area contributed by atoms with Gasteiger partial charge in [-0.3, -0.25) is 4.79 Å². The molecule has 0 fully saturated rings. The Morgan fingerprint density at radius 1 is 1.00 bits per heavy atom. The topological polar surface area (TPSA) is 52.6 Å². The van der Waals surface area contributed by atoms with E-state index in [1.54, 1.807) is 0 Å². The van der Waals surface area contributed by atoms with Crippen LogP contribution in [0.25, 0.3) is 0 Å². The molecular formula is C30H39ClN2O2. The smallest absolute Gasteiger partial charge is 0.303 e. The number of hydrogen-bond donors (Lipinski definition) is 2. The maximum atomic E-state index is 11.7. The van der Waals surface area contributed by atoms with E-state index in [-0.39, 0.29) is 12.3 Å². The normalized spacial score (nSPS) is 14.1. The zero-order chi connectivity index (χ0) is 25.4. The quantitative estimate of drug-likeness (QED) is 0.294. The molecule has 35 heavy (non-hydrogen) atoms. The lowest BCUT2D eigenvalue weighted by Crippen LogP contribution is -2.31. The monoisotopic (exact) mass is 494 g/mol. The van der Waals surface area contributed by atoms with Crippen molar-refractivity contribution < 1.29 is 9.90 Å². The zero-order valence-electron chi connectivity index (χ0n) is 21.4. The molecule has 0 aromatic heterocycles. The van der Waals surface area contributed by atoms with E-state index in [1.807, 2.05) is 24.3 Å². The Hall–Kier alpha value is -2.72. The maximum absolute atomic E-state index is 11.7. The molecule has 188 valence electrons. The van der Waals surface area contributed by atoms with Gasteiger partial charge in [0.05, 0.1) is 17.8 Å². The molecule has 0 saturated carbocycles. The molecule has 1 atom stereocenters. The number of anilines is 3. The van der Waals surface area contributed by atoms with Crippen LogP contribution in [0.5, 0.6) is 0 Å². The van der Waals surface area contributed by atoms with Crippen molar-refractivity contribution in [3.8, 4) is 0 Å². The van der Waals surface area contributed by atoms with Gasteiger partial charge in [0.25, 0.3) is 0 Å². The van der Waals surface area contributed by atoms with Crippen LogP contribution in [0, 0.1) is 17.8 Å². The maximum Gasteiger partial charge on any atom is 0.303 e. The van der Waals surface area contributed by atoms with Crippen LogP contribution in [0.3, 0.4) is 0 Å². The summed E-state index contributed by atoms with van der Waals surface area (Å²) in [5, 5.41) is 13.9. The lowest BCUT2D eigenvalue weighted by Gasteiger charge is -2.31. The highest BCUT2D eigenvalue weighted by Gasteiger charge is 2.21. The number of carboxylic acids is 1. The van der Waals surface area contributed by atoms with Crippen LogP contribution in [0.1, 0.15) is 58.4 Å². The zero-order valence-corrected chi connectivity index (χ0v) is 22.1. The Labute approximate surface area is 215 Å². The fraction of sp³-hybridized carbons (Fsp3) is 0.433. The van der Waals surface area contributed by atoms with Gasteiger partial charge in [0.15, 0.2) is 0 Å². The predicted molar refractivity (Wildman–Crippen MR) is 149 cm³/mol. The Balaban J connectivity index is 1.97. The highest BCUT2D eigenvalue weighted by atomic mass is 35.5. The Morgan fingerprint density at radius 3 is 2.20 bits per heavy atom. The summed E-state index contributed by atoms with van der Waals surface area (Å²) in [5.41, 5.74) is 4.16. The average Bonchev–Trinajstić information content (AvgIpc) is 3.30. The minimum atomic E-state index is -0.759. The summed E-state index contributed by atoms with van der Waals surface area (Å²) in [6.07, 6.45) is 10.4. The number of carboxylic acid groups (broad SMARTS) is 1. The van der Waals surface area contributed by atoms with Gasteiger partial charge in [-0.15, -0.1) is 0 Å². The van der Waals surface area contributed by atoms with Crippen molar-refractivity contribution in [3.05, 3.63) is 77.4 Å². The SMILES string of the molecule is CC(C)CN(CC(C)C)c1ccc([C@@H](CCC2C=CC=C2)CC(=O)O)cc1Nc1ccc(Cl)cc1. The van der Waals surface area contributed by atoms with Crippen molar-refractivity contribution in [3.63, 3.8) is 0 Å². The van der Waals surface area contributed by atoms with Gasteiger partial charge >= 0.3 is 5.97 Å². The number of carbonyl (C=O) groups is 1. The average molecular weight is 495 g/mol. The third-order valence-electron chi connectivity index (χ3n) is 6.22. The number of halogens is 1. The first-order valence-corrected chi connectivity index (χ1v) is 13.1. The lowest BCUT2D eigenvalue weighted by atomic mass is 9.87. The van der Waals surface area contributed by atoms with Crippen LogP contribution < -0.4 is 10.2 Å². The molecule has 2 aromatic carbocycles. The molecule has 0 heterocycles. The standard InChI is InChI=1S/C30H39ClN2O2/c1-21(2)19-33(20-22(3)4)29-16-11-24(17-28(29)32-27-14-12-26(31)13-15-27)25(18-30(34)35)10-9-23-7-5-6-8-23/h5-8,11-17,21-23,25,32H,9-10,18-20H2,1-4H3,(H,34,35)/t25-/m0/s1. The van der Waals surface area contributed by atoms with Crippen LogP contribution in [0.4, 0.5) is 17.1 Å². The second kappa shape index (κ2) is 12.8. The first-order chi connectivity index (χ1) is 16.7. The summed E-state index contributed by atoms with van der Waals surface area (Å²) in [5.74, 6) is 0.626.